The molecule has 3 nitrogen and oxygen atoms in total. The third-order valence-electron chi connectivity index (χ3n) is 3.23. The van der Waals surface area contributed by atoms with Crippen LogP contribution in [0.4, 0.5) is 0 Å². The molecular formula is C12H18BrN3. The van der Waals surface area contributed by atoms with Crippen molar-refractivity contribution in [1.29, 1.82) is 0 Å². The van der Waals surface area contributed by atoms with Crippen molar-refractivity contribution in [2.45, 2.75) is 25.9 Å². The van der Waals surface area contributed by atoms with Crippen molar-refractivity contribution in [2.75, 3.05) is 13.1 Å². The van der Waals surface area contributed by atoms with Gasteiger partial charge in [0.15, 0.2) is 0 Å². The molecule has 0 saturated carbocycles. The summed E-state index contributed by atoms with van der Waals surface area (Å²) in [5.41, 5.74) is 7.06. The first kappa shape index (κ1) is 12.0. The number of hydrogen-bond donors (Lipinski definition) is 1. The summed E-state index contributed by atoms with van der Waals surface area (Å²) in [7, 11) is 0. The Balaban J connectivity index is 1.89. The van der Waals surface area contributed by atoms with Crippen LogP contribution in [0.15, 0.2) is 22.8 Å². The average molecular weight is 284 g/mol. The highest BCUT2D eigenvalue weighted by Crippen LogP contribution is 2.20. The van der Waals surface area contributed by atoms with Crippen molar-refractivity contribution >= 4 is 15.9 Å². The molecule has 0 amide bonds. The van der Waals surface area contributed by atoms with Gasteiger partial charge in [-0.05, 0) is 53.9 Å². The maximum atomic E-state index is 5.92. The Morgan fingerprint density at radius 3 is 3.00 bits per heavy atom. The van der Waals surface area contributed by atoms with Gasteiger partial charge < -0.3 is 5.73 Å². The van der Waals surface area contributed by atoms with Crippen molar-refractivity contribution in [1.82, 2.24) is 9.88 Å². The normalized spacial score (nSPS) is 23.6. The number of likely N-dealkylation sites (tertiary alicyclic amines) is 1. The van der Waals surface area contributed by atoms with Crippen LogP contribution >= 0.6 is 15.9 Å². The second kappa shape index (κ2) is 5.25. The first-order chi connectivity index (χ1) is 7.65. The molecular weight excluding hydrogens is 266 g/mol. The van der Waals surface area contributed by atoms with E-state index in [2.05, 4.69) is 38.8 Å². The summed E-state index contributed by atoms with van der Waals surface area (Å²) < 4.78 is 1.03. The van der Waals surface area contributed by atoms with E-state index in [0.717, 1.165) is 29.8 Å². The maximum absolute atomic E-state index is 5.92. The second-order valence-electron chi connectivity index (χ2n) is 4.61. The Bertz CT molecular complexity index is 337. The summed E-state index contributed by atoms with van der Waals surface area (Å²) in [6, 6.07) is 4.42. The zero-order chi connectivity index (χ0) is 11.5. The van der Waals surface area contributed by atoms with Gasteiger partial charge in [0.2, 0.25) is 0 Å². The molecule has 1 aliphatic heterocycles. The fourth-order valence-electron chi connectivity index (χ4n) is 2.16. The lowest BCUT2D eigenvalue weighted by molar-refractivity contribution is 0.305. The molecule has 0 aromatic carbocycles. The number of rotatable bonds is 3. The van der Waals surface area contributed by atoms with Crippen LogP contribution in [-0.2, 0) is 6.54 Å². The van der Waals surface area contributed by atoms with Crippen LogP contribution in [-0.4, -0.2) is 29.0 Å². The van der Waals surface area contributed by atoms with Crippen molar-refractivity contribution < 1.29 is 0 Å². The molecule has 2 heterocycles. The van der Waals surface area contributed by atoms with Crippen LogP contribution in [0.25, 0.3) is 0 Å². The lowest BCUT2D eigenvalue weighted by Crippen LogP contribution is -2.29. The van der Waals surface area contributed by atoms with E-state index in [0.29, 0.717) is 12.0 Å². The van der Waals surface area contributed by atoms with Gasteiger partial charge in [0, 0.05) is 29.8 Å². The molecule has 0 aliphatic carbocycles. The van der Waals surface area contributed by atoms with E-state index < -0.39 is 0 Å². The number of pyridine rings is 1. The average Bonchev–Trinajstić information content (AvgIpc) is 2.70. The van der Waals surface area contributed by atoms with Crippen LogP contribution in [0.1, 0.15) is 19.0 Å². The lowest BCUT2D eigenvalue weighted by Gasteiger charge is -2.17. The molecule has 2 unspecified atom stereocenters. The van der Waals surface area contributed by atoms with E-state index in [9.17, 15) is 0 Å². The zero-order valence-electron chi connectivity index (χ0n) is 9.56. The van der Waals surface area contributed by atoms with E-state index >= 15 is 0 Å². The molecule has 1 aromatic rings. The second-order valence-corrected chi connectivity index (χ2v) is 5.53. The van der Waals surface area contributed by atoms with Crippen molar-refractivity contribution in [3.8, 4) is 0 Å². The Morgan fingerprint density at radius 1 is 1.62 bits per heavy atom. The summed E-state index contributed by atoms with van der Waals surface area (Å²) in [5.74, 6) is 0.649. The van der Waals surface area contributed by atoms with Gasteiger partial charge in [0.05, 0.1) is 5.69 Å². The molecule has 1 aliphatic rings. The predicted octanol–water partition coefficient (Wildman–Crippen LogP) is 2.01. The summed E-state index contributed by atoms with van der Waals surface area (Å²) in [5, 5.41) is 0. The van der Waals surface area contributed by atoms with Crippen LogP contribution in [0, 0.1) is 5.92 Å². The molecule has 1 aromatic heterocycles. The molecule has 2 atom stereocenters. The van der Waals surface area contributed by atoms with E-state index in [-0.39, 0.29) is 0 Å². The lowest BCUT2D eigenvalue weighted by atomic mass is 10.0. The molecule has 2 N–H and O–H groups in total. The maximum Gasteiger partial charge on any atom is 0.0544 e. The molecule has 0 radical (unpaired) electrons. The summed E-state index contributed by atoms with van der Waals surface area (Å²) in [6.07, 6.45) is 3.07. The molecule has 0 spiro atoms. The smallest absolute Gasteiger partial charge is 0.0544 e. The predicted molar refractivity (Wildman–Crippen MR) is 69.0 cm³/mol. The monoisotopic (exact) mass is 283 g/mol. The third-order valence-corrected chi connectivity index (χ3v) is 3.70. The minimum Gasteiger partial charge on any atom is -0.328 e. The topological polar surface area (TPSA) is 42.1 Å². The van der Waals surface area contributed by atoms with Crippen LogP contribution < -0.4 is 5.73 Å². The fraction of sp³-hybridized carbons (Fsp3) is 0.583. The number of hydrogen-bond acceptors (Lipinski definition) is 3. The Hall–Kier alpha value is -0.450. The minimum absolute atomic E-state index is 0.308. The van der Waals surface area contributed by atoms with Crippen LogP contribution in [0.3, 0.4) is 0 Å². The molecule has 1 fully saturated rings. The number of aromatic nitrogens is 1. The van der Waals surface area contributed by atoms with Gasteiger partial charge in [-0.2, -0.15) is 0 Å². The molecule has 16 heavy (non-hydrogen) atoms. The third kappa shape index (κ3) is 3.03. The van der Waals surface area contributed by atoms with E-state index in [1.165, 1.54) is 6.42 Å². The van der Waals surface area contributed by atoms with Gasteiger partial charge in [-0.3, -0.25) is 9.88 Å². The van der Waals surface area contributed by atoms with Crippen LogP contribution in [0.5, 0.6) is 0 Å². The SMILES string of the molecule is CC(N)C1CCN(Cc2ccc(Br)cn2)C1. The number of nitrogens with zero attached hydrogens (tertiary/aromatic N) is 2. The molecule has 2 rings (SSSR count). The van der Waals surface area contributed by atoms with Gasteiger partial charge in [0.25, 0.3) is 0 Å². The summed E-state index contributed by atoms with van der Waals surface area (Å²) in [6.45, 7) is 5.29. The molecule has 0 bridgehead atoms. The van der Waals surface area contributed by atoms with E-state index in [1.54, 1.807) is 0 Å². The highest BCUT2D eigenvalue weighted by molar-refractivity contribution is 9.10. The molecule has 4 heteroatoms. The first-order valence-electron chi connectivity index (χ1n) is 5.73. The fourth-order valence-corrected chi connectivity index (χ4v) is 2.40. The van der Waals surface area contributed by atoms with Crippen molar-refractivity contribution in [3.05, 3.63) is 28.5 Å². The van der Waals surface area contributed by atoms with Gasteiger partial charge in [-0.25, -0.2) is 0 Å². The Morgan fingerprint density at radius 2 is 2.44 bits per heavy atom. The number of nitrogens with two attached hydrogens (primary N) is 1. The van der Waals surface area contributed by atoms with Gasteiger partial charge in [-0.1, -0.05) is 0 Å². The number of halogens is 1. The standard InChI is InChI=1S/C12H18BrN3/c1-9(14)10-4-5-16(7-10)8-12-3-2-11(13)6-15-12/h2-3,6,9-10H,4-5,7-8,14H2,1H3. The Kier molecular flexibility index (Phi) is 3.95. The van der Waals surface area contributed by atoms with E-state index in [4.69, 9.17) is 5.73 Å². The summed E-state index contributed by atoms with van der Waals surface area (Å²) in [4.78, 5) is 6.83. The Labute approximate surface area is 105 Å². The molecule has 1 saturated heterocycles. The first-order valence-corrected chi connectivity index (χ1v) is 6.53. The van der Waals surface area contributed by atoms with Gasteiger partial charge in [-0.15, -0.1) is 0 Å². The largest absolute Gasteiger partial charge is 0.328 e. The summed E-state index contributed by atoms with van der Waals surface area (Å²) >= 11 is 3.39. The zero-order valence-corrected chi connectivity index (χ0v) is 11.2. The highest BCUT2D eigenvalue weighted by atomic mass is 79.9. The van der Waals surface area contributed by atoms with E-state index in [1.807, 2.05) is 12.3 Å². The minimum atomic E-state index is 0.308. The highest BCUT2D eigenvalue weighted by Gasteiger charge is 2.25. The van der Waals surface area contributed by atoms with Gasteiger partial charge >= 0.3 is 0 Å². The van der Waals surface area contributed by atoms with Crippen LogP contribution in [0.2, 0.25) is 0 Å². The van der Waals surface area contributed by atoms with Crippen molar-refractivity contribution in [3.63, 3.8) is 0 Å². The van der Waals surface area contributed by atoms with Gasteiger partial charge in [0.1, 0.15) is 0 Å². The van der Waals surface area contributed by atoms with Crippen molar-refractivity contribution in [2.24, 2.45) is 11.7 Å². The quantitative estimate of drug-likeness (QED) is 0.923. The molecule has 88 valence electrons.